The van der Waals surface area contributed by atoms with Gasteiger partial charge in [0, 0.05) is 6.54 Å². The van der Waals surface area contributed by atoms with Gasteiger partial charge in [0.15, 0.2) is 0 Å². The first kappa shape index (κ1) is 16.0. The third kappa shape index (κ3) is 3.82. The van der Waals surface area contributed by atoms with Crippen LogP contribution in [-0.4, -0.2) is 25.5 Å². The van der Waals surface area contributed by atoms with Crippen molar-refractivity contribution in [2.45, 2.75) is 39.5 Å². The Kier molecular flexibility index (Phi) is 5.34. The molecule has 1 saturated heterocycles. The molecule has 1 aliphatic rings. The molecule has 0 unspecified atom stereocenters. The van der Waals surface area contributed by atoms with Crippen LogP contribution in [0.15, 0.2) is 18.2 Å². The van der Waals surface area contributed by atoms with Crippen LogP contribution in [0, 0.1) is 18.2 Å². The van der Waals surface area contributed by atoms with Crippen molar-refractivity contribution in [1.82, 2.24) is 10.6 Å². The van der Waals surface area contributed by atoms with E-state index in [2.05, 4.69) is 17.6 Å². The number of carbonyl (C=O) groups excluding carboxylic acids is 1. The molecule has 2 rings (SSSR count). The van der Waals surface area contributed by atoms with Gasteiger partial charge in [-0.05, 0) is 69.0 Å². The van der Waals surface area contributed by atoms with E-state index in [1.54, 1.807) is 6.07 Å². The van der Waals surface area contributed by atoms with Crippen LogP contribution in [0.3, 0.4) is 0 Å². The summed E-state index contributed by atoms with van der Waals surface area (Å²) in [7, 11) is 0. The quantitative estimate of drug-likeness (QED) is 0.876. The monoisotopic (exact) mass is 292 g/mol. The Morgan fingerprint density at radius 3 is 2.71 bits per heavy atom. The van der Waals surface area contributed by atoms with Gasteiger partial charge >= 0.3 is 0 Å². The Balaban J connectivity index is 1.88. The van der Waals surface area contributed by atoms with Crippen molar-refractivity contribution in [2.75, 3.05) is 19.6 Å². The van der Waals surface area contributed by atoms with Crippen LogP contribution in [0.1, 0.15) is 37.3 Å². The van der Waals surface area contributed by atoms with Crippen LogP contribution >= 0.6 is 0 Å². The molecule has 0 radical (unpaired) electrons. The molecule has 1 heterocycles. The Morgan fingerprint density at radius 1 is 1.38 bits per heavy atom. The van der Waals surface area contributed by atoms with Crippen molar-refractivity contribution in [3.8, 4) is 0 Å². The summed E-state index contributed by atoms with van der Waals surface area (Å²) in [4.78, 5) is 12.5. The maximum Gasteiger partial charge on any atom is 0.226 e. The lowest BCUT2D eigenvalue weighted by atomic mass is 9.76. The van der Waals surface area contributed by atoms with Crippen molar-refractivity contribution in [1.29, 1.82) is 0 Å². The largest absolute Gasteiger partial charge is 0.355 e. The minimum absolute atomic E-state index is 0.172. The fraction of sp³-hybridized carbons (Fsp3) is 0.588. The third-order valence-corrected chi connectivity index (χ3v) is 4.70. The number of piperidine rings is 1. The molecule has 0 atom stereocenters. The fourth-order valence-corrected chi connectivity index (χ4v) is 3.08. The number of aryl methyl sites for hydroxylation is 1. The van der Waals surface area contributed by atoms with Gasteiger partial charge in [0.1, 0.15) is 5.82 Å². The smallest absolute Gasteiger partial charge is 0.226 e. The van der Waals surface area contributed by atoms with Crippen LogP contribution in [0.2, 0.25) is 0 Å². The zero-order chi connectivity index (χ0) is 15.3. The molecule has 1 aliphatic heterocycles. The minimum Gasteiger partial charge on any atom is -0.355 e. The number of amides is 1. The van der Waals surface area contributed by atoms with Crippen LogP contribution in [0.4, 0.5) is 4.39 Å². The van der Waals surface area contributed by atoms with Gasteiger partial charge in [0.25, 0.3) is 0 Å². The summed E-state index contributed by atoms with van der Waals surface area (Å²) in [6.07, 6.45) is 3.45. The highest BCUT2D eigenvalue weighted by Crippen LogP contribution is 2.32. The van der Waals surface area contributed by atoms with E-state index < -0.39 is 0 Å². The lowest BCUT2D eigenvalue weighted by Gasteiger charge is -2.35. The van der Waals surface area contributed by atoms with E-state index in [0.717, 1.165) is 49.9 Å². The second-order valence-corrected chi connectivity index (χ2v) is 5.96. The number of benzene rings is 1. The van der Waals surface area contributed by atoms with Crippen LogP contribution < -0.4 is 10.6 Å². The standard InChI is InChI=1S/C17H25FN2O/c1-3-17(7-10-19-11-8-17)16(21)20-9-6-14-4-5-15(18)12-13(14)2/h4-5,12,19H,3,6-11H2,1-2H3,(H,20,21). The number of rotatable bonds is 5. The highest BCUT2D eigenvalue weighted by Gasteiger charge is 2.37. The molecule has 0 saturated carbocycles. The van der Waals surface area contributed by atoms with E-state index >= 15 is 0 Å². The molecule has 0 bridgehead atoms. The predicted molar refractivity (Wildman–Crippen MR) is 82.7 cm³/mol. The first-order valence-corrected chi connectivity index (χ1v) is 7.81. The molecular weight excluding hydrogens is 267 g/mol. The fourth-order valence-electron chi connectivity index (χ4n) is 3.08. The molecule has 0 aromatic heterocycles. The molecule has 1 aromatic rings. The second-order valence-electron chi connectivity index (χ2n) is 5.96. The zero-order valence-electron chi connectivity index (χ0n) is 13.0. The lowest BCUT2D eigenvalue weighted by molar-refractivity contribution is -0.132. The van der Waals surface area contributed by atoms with Gasteiger partial charge in [-0.3, -0.25) is 4.79 Å². The average molecular weight is 292 g/mol. The summed E-state index contributed by atoms with van der Waals surface area (Å²) < 4.78 is 13.1. The minimum atomic E-state index is -0.208. The molecule has 21 heavy (non-hydrogen) atoms. The predicted octanol–water partition coefficient (Wildman–Crippen LogP) is 2.57. The van der Waals surface area contributed by atoms with Gasteiger partial charge in [0.2, 0.25) is 5.91 Å². The van der Waals surface area contributed by atoms with Crippen LogP contribution in [0.5, 0.6) is 0 Å². The molecule has 1 aromatic carbocycles. The topological polar surface area (TPSA) is 41.1 Å². The second kappa shape index (κ2) is 7.03. The van der Waals surface area contributed by atoms with Crippen molar-refractivity contribution in [3.63, 3.8) is 0 Å². The number of hydrogen-bond acceptors (Lipinski definition) is 2. The summed E-state index contributed by atoms with van der Waals surface area (Å²) >= 11 is 0. The number of halogens is 1. The van der Waals surface area contributed by atoms with E-state index in [1.807, 2.05) is 6.92 Å². The SMILES string of the molecule is CCC1(C(=O)NCCc2ccc(F)cc2C)CCNCC1. The highest BCUT2D eigenvalue weighted by molar-refractivity contribution is 5.82. The lowest BCUT2D eigenvalue weighted by Crippen LogP contribution is -2.47. The molecule has 4 heteroatoms. The maximum absolute atomic E-state index is 13.1. The summed E-state index contributed by atoms with van der Waals surface area (Å²) in [6, 6.07) is 4.82. The van der Waals surface area contributed by atoms with Crippen molar-refractivity contribution in [2.24, 2.45) is 5.41 Å². The Bertz CT molecular complexity index is 496. The Labute approximate surface area is 126 Å². The molecular formula is C17H25FN2O. The summed E-state index contributed by atoms with van der Waals surface area (Å²) in [6.45, 7) is 6.44. The average Bonchev–Trinajstić information content (AvgIpc) is 2.50. The maximum atomic E-state index is 13.1. The van der Waals surface area contributed by atoms with Crippen LogP contribution in [-0.2, 0) is 11.2 Å². The summed E-state index contributed by atoms with van der Waals surface area (Å²) in [5, 5.41) is 6.38. The first-order valence-electron chi connectivity index (χ1n) is 7.81. The molecule has 116 valence electrons. The molecule has 1 fully saturated rings. The van der Waals surface area contributed by atoms with Gasteiger partial charge in [-0.15, -0.1) is 0 Å². The van der Waals surface area contributed by atoms with Crippen molar-refractivity contribution < 1.29 is 9.18 Å². The molecule has 0 aliphatic carbocycles. The Hall–Kier alpha value is -1.42. The van der Waals surface area contributed by atoms with Crippen molar-refractivity contribution >= 4 is 5.91 Å². The summed E-state index contributed by atoms with van der Waals surface area (Å²) in [5.41, 5.74) is 1.83. The van der Waals surface area contributed by atoms with E-state index in [1.165, 1.54) is 12.1 Å². The molecule has 3 nitrogen and oxygen atoms in total. The van der Waals surface area contributed by atoms with Gasteiger partial charge in [0.05, 0.1) is 5.41 Å². The van der Waals surface area contributed by atoms with E-state index in [0.29, 0.717) is 6.54 Å². The summed E-state index contributed by atoms with van der Waals surface area (Å²) in [5.74, 6) is -0.0359. The molecule has 2 N–H and O–H groups in total. The van der Waals surface area contributed by atoms with E-state index in [4.69, 9.17) is 0 Å². The zero-order valence-corrected chi connectivity index (χ0v) is 13.0. The molecule has 0 spiro atoms. The van der Waals surface area contributed by atoms with E-state index in [9.17, 15) is 9.18 Å². The first-order chi connectivity index (χ1) is 10.1. The normalized spacial score (nSPS) is 17.5. The van der Waals surface area contributed by atoms with E-state index in [-0.39, 0.29) is 17.1 Å². The Morgan fingerprint density at radius 2 is 2.10 bits per heavy atom. The highest BCUT2D eigenvalue weighted by atomic mass is 19.1. The van der Waals surface area contributed by atoms with Crippen LogP contribution in [0.25, 0.3) is 0 Å². The number of carbonyl (C=O) groups is 1. The van der Waals surface area contributed by atoms with Gasteiger partial charge < -0.3 is 10.6 Å². The van der Waals surface area contributed by atoms with Crippen molar-refractivity contribution in [3.05, 3.63) is 35.1 Å². The molecule has 1 amide bonds. The number of nitrogens with one attached hydrogen (secondary N) is 2. The van der Waals surface area contributed by atoms with Gasteiger partial charge in [-0.25, -0.2) is 4.39 Å². The van der Waals surface area contributed by atoms with Gasteiger partial charge in [-0.1, -0.05) is 13.0 Å². The van der Waals surface area contributed by atoms with Gasteiger partial charge in [-0.2, -0.15) is 0 Å². The number of hydrogen-bond donors (Lipinski definition) is 2. The third-order valence-electron chi connectivity index (χ3n) is 4.70.